The molecule has 0 unspecified atom stereocenters. The molecule has 1 aliphatic carbocycles. The molecular weight excluding hydrogens is 494 g/mol. The van der Waals surface area contributed by atoms with Crippen molar-refractivity contribution in [2.45, 2.75) is 44.7 Å². The van der Waals surface area contributed by atoms with Crippen molar-refractivity contribution in [3.8, 4) is 5.75 Å². The van der Waals surface area contributed by atoms with Crippen LogP contribution in [-0.2, 0) is 9.53 Å². The van der Waals surface area contributed by atoms with E-state index in [2.05, 4.69) is 15.5 Å². The Hall–Kier alpha value is -3.43. The Morgan fingerprint density at radius 1 is 1.05 bits per heavy atom. The summed E-state index contributed by atoms with van der Waals surface area (Å²) in [6.07, 6.45) is 5.84. The number of nitrogens with zero attached hydrogens (tertiary/aromatic N) is 3. The molecule has 2 aromatic carbocycles. The van der Waals surface area contributed by atoms with Gasteiger partial charge in [-0.3, -0.25) is 14.7 Å². The number of urea groups is 1. The van der Waals surface area contributed by atoms with E-state index in [1.165, 1.54) is 12.8 Å². The molecule has 0 spiro atoms. The molecule has 0 aromatic heterocycles. The zero-order valence-corrected chi connectivity index (χ0v) is 22.7. The van der Waals surface area contributed by atoms with Crippen molar-refractivity contribution in [3.05, 3.63) is 54.1 Å². The predicted molar refractivity (Wildman–Crippen MR) is 153 cm³/mol. The van der Waals surface area contributed by atoms with E-state index in [-0.39, 0.29) is 11.8 Å². The third-order valence-electron chi connectivity index (χ3n) is 7.76. The number of benzene rings is 2. The summed E-state index contributed by atoms with van der Waals surface area (Å²) in [7, 11) is 1.75. The Labute approximate surface area is 230 Å². The number of rotatable bonds is 7. The molecule has 39 heavy (non-hydrogen) atoms. The van der Waals surface area contributed by atoms with Gasteiger partial charge in [0.15, 0.2) is 0 Å². The number of anilines is 2. The molecule has 208 valence electrons. The molecule has 9 nitrogen and oxygen atoms in total. The molecule has 0 bridgehead atoms. The quantitative estimate of drug-likeness (QED) is 0.518. The third-order valence-corrected chi connectivity index (χ3v) is 7.76. The molecule has 2 heterocycles. The fourth-order valence-electron chi connectivity index (χ4n) is 5.59. The fourth-order valence-corrected chi connectivity index (χ4v) is 5.59. The lowest BCUT2D eigenvalue weighted by molar-refractivity contribution is -0.119. The molecular formula is C30H39N5O4. The van der Waals surface area contributed by atoms with E-state index in [0.29, 0.717) is 18.0 Å². The summed E-state index contributed by atoms with van der Waals surface area (Å²) in [5.74, 6) is 0.684. The standard InChI is InChI=1S/C30H39N5O4/c1-34-26-14-7-6-13-25(26)27(22-9-4-2-3-5-10-22)32-28(29(34)36)33-30(37)31-23-11-8-12-24(21-23)39-20-17-35-15-18-38-19-16-35/h6-8,11-14,21-22,28H,2-5,9-10,15-20H2,1H3,(H2,31,33,37)/t28-/m1/s1. The van der Waals surface area contributed by atoms with Crippen LogP contribution in [-0.4, -0.2) is 75.2 Å². The minimum atomic E-state index is -1.01. The van der Waals surface area contributed by atoms with Gasteiger partial charge in [-0.05, 0) is 31.0 Å². The van der Waals surface area contributed by atoms with Crippen molar-refractivity contribution < 1.29 is 19.1 Å². The summed E-state index contributed by atoms with van der Waals surface area (Å²) in [5.41, 5.74) is 3.32. The molecule has 2 aliphatic heterocycles. The summed E-state index contributed by atoms with van der Waals surface area (Å²) in [4.78, 5) is 35.3. The number of carbonyl (C=O) groups excluding carboxylic acids is 2. The normalized spacial score (nSPS) is 20.8. The Kier molecular flexibility index (Phi) is 9.11. The number of benzodiazepines with no additional fused rings is 1. The molecule has 1 saturated carbocycles. The van der Waals surface area contributed by atoms with Gasteiger partial charge < -0.3 is 25.0 Å². The Balaban J connectivity index is 1.26. The molecule has 2 fully saturated rings. The van der Waals surface area contributed by atoms with Crippen molar-refractivity contribution in [2.75, 3.05) is 56.7 Å². The maximum absolute atomic E-state index is 13.4. The average Bonchev–Trinajstić information content (AvgIpc) is 3.29. The molecule has 2 N–H and O–H groups in total. The molecule has 1 saturated heterocycles. The van der Waals surface area contributed by atoms with Gasteiger partial charge >= 0.3 is 6.03 Å². The van der Waals surface area contributed by atoms with Crippen LogP contribution in [0.3, 0.4) is 0 Å². The van der Waals surface area contributed by atoms with E-state index in [0.717, 1.165) is 75.5 Å². The average molecular weight is 534 g/mol. The summed E-state index contributed by atoms with van der Waals surface area (Å²) in [6.45, 7) is 4.71. The monoisotopic (exact) mass is 533 g/mol. The SMILES string of the molecule is CN1C(=O)[C@@H](NC(=O)Nc2cccc(OCCN3CCOCC3)c2)N=C(C2CCCCCC2)c2ccccc21. The lowest BCUT2D eigenvalue weighted by atomic mass is 9.89. The third kappa shape index (κ3) is 6.96. The highest BCUT2D eigenvalue weighted by Crippen LogP contribution is 2.32. The number of amides is 3. The van der Waals surface area contributed by atoms with Crippen LogP contribution in [0.1, 0.15) is 44.1 Å². The smallest absolute Gasteiger partial charge is 0.321 e. The Bertz CT molecular complexity index is 1170. The summed E-state index contributed by atoms with van der Waals surface area (Å²) in [6, 6.07) is 14.7. The van der Waals surface area contributed by atoms with E-state index in [4.69, 9.17) is 14.5 Å². The molecule has 0 radical (unpaired) electrons. The summed E-state index contributed by atoms with van der Waals surface area (Å²) < 4.78 is 11.3. The van der Waals surface area contributed by atoms with Gasteiger partial charge in [0, 0.05) is 49.9 Å². The first kappa shape index (κ1) is 27.1. The summed E-state index contributed by atoms with van der Waals surface area (Å²) in [5, 5.41) is 5.68. The second-order valence-electron chi connectivity index (χ2n) is 10.4. The van der Waals surface area contributed by atoms with Crippen LogP contribution in [0.4, 0.5) is 16.2 Å². The number of morpholine rings is 1. The van der Waals surface area contributed by atoms with Crippen molar-refractivity contribution >= 4 is 29.0 Å². The van der Waals surface area contributed by atoms with Crippen LogP contribution < -0.4 is 20.3 Å². The zero-order chi connectivity index (χ0) is 27.0. The van der Waals surface area contributed by atoms with Gasteiger partial charge in [0.2, 0.25) is 6.17 Å². The molecule has 2 aromatic rings. The van der Waals surface area contributed by atoms with Crippen LogP contribution in [0.5, 0.6) is 5.75 Å². The van der Waals surface area contributed by atoms with Crippen LogP contribution in [0, 0.1) is 5.92 Å². The van der Waals surface area contributed by atoms with E-state index in [1.54, 1.807) is 24.1 Å². The van der Waals surface area contributed by atoms with Crippen LogP contribution in [0.25, 0.3) is 0 Å². The first-order valence-electron chi connectivity index (χ1n) is 14.1. The number of hydrogen-bond acceptors (Lipinski definition) is 6. The van der Waals surface area contributed by atoms with Crippen LogP contribution in [0.15, 0.2) is 53.5 Å². The minimum absolute atomic E-state index is 0.263. The van der Waals surface area contributed by atoms with Gasteiger partial charge in [-0.1, -0.05) is 49.9 Å². The second-order valence-corrected chi connectivity index (χ2v) is 10.4. The molecule has 9 heteroatoms. The van der Waals surface area contributed by atoms with E-state index >= 15 is 0 Å². The number of aliphatic imine (C=N–C) groups is 1. The number of carbonyl (C=O) groups is 2. The van der Waals surface area contributed by atoms with E-state index in [1.807, 2.05) is 36.4 Å². The maximum atomic E-state index is 13.4. The molecule has 1 atom stereocenters. The Morgan fingerprint density at radius 3 is 2.62 bits per heavy atom. The second kappa shape index (κ2) is 13.1. The number of hydrogen-bond donors (Lipinski definition) is 2. The highest BCUT2D eigenvalue weighted by atomic mass is 16.5. The van der Waals surface area contributed by atoms with Gasteiger partial charge in [0.05, 0.1) is 24.6 Å². The molecule has 3 aliphatic rings. The minimum Gasteiger partial charge on any atom is -0.492 e. The molecule has 3 amide bonds. The maximum Gasteiger partial charge on any atom is 0.321 e. The predicted octanol–water partition coefficient (Wildman–Crippen LogP) is 4.28. The highest BCUT2D eigenvalue weighted by molar-refractivity contribution is 6.14. The van der Waals surface area contributed by atoms with Crippen molar-refractivity contribution in [2.24, 2.45) is 10.9 Å². The number of ether oxygens (including phenoxy) is 2. The Morgan fingerprint density at radius 2 is 1.82 bits per heavy atom. The van der Waals surface area contributed by atoms with Crippen molar-refractivity contribution in [1.29, 1.82) is 0 Å². The molecule has 5 rings (SSSR count). The number of para-hydroxylation sites is 1. The van der Waals surface area contributed by atoms with Gasteiger partial charge in [0.1, 0.15) is 12.4 Å². The number of nitrogens with one attached hydrogen (secondary N) is 2. The highest BCUT2D eigenvalue weighted by Gasteiger charge is 2.33. The first-order valence-corrected chi connectivity index (χ1v) is 14.1. The van der Waals surface area contributed by atoms with Crippen LogP contribution in [0.2, 0.25) is 0 Å². The lowest BCUT2D eigenvalue weighted by Crippen LogP contribution is -2.47. The van der Waals surface area contributed by atoms with Crippen molar-refractivity contribution in [1.82, 2.24) is 10.2 Å². The van der Waals surface area contributed by atoms with Gasteiger partial charge in [-0.15, -0.1) is 0 Å². The van der Waals surface area contributed by atoms with Crippen molar-refractivity contribution in [3.63, 3.8) is 0 Å². The fraction of sp³-hybridized carbons (Fsp3) is 0.500. The number of fused-ring (bicyclic) bond motifs is 1. The largest absolute Gasteiger partial charge is 0.492 e. The van der Waals surface area contributed by atoms with Gasteiger partial charge in [0.25, 0.3) is 5.91 Å². The van der Waals surface area contributed by atoms with Gasteiger partial charge in [-0.25, -0.2) is 4.79 Å². The van der Waals surface area contributed by atoms with Crippen LogP contribution >= 0.6 is 0 Å². The van der Waals surface area contributed by atoms with Gasteiger partial charge in [-0.2, -0.15) is 0 Å². The summed E-state index contributed by atoms with van der Waals surface area (Å²) >= 11 is 0. The lowest BCUT2D eigenvalue weighted by Gasteiger charge is -2.26. The number of likely N-dealkylation sites (N-methyl/N-ethyl adjacent to an activating group) is 1. The topological polar surface area (TPSA) is 95.5 Å². The zero-order valence-electron chi connectivity index (χ0n) is 22.7. The van der Waals surface area contributed by atoms with E-state index < -0.39 is 12.2 Å². The van der Waals surface area contributed by atoms with E-state index in [9.17, 15) is 9.59 Å². The first-order chi connectivity index (χ1) is 19.1.